The molecule has 0 aliphatic rings. The number of non-ortho nitro benzene ring substituents is 1. The van der Waals surface area contributed by atoms with Gasteiger partial charge in [0.15, 0.2) is 0 Å². The van der Waals surface area contributed by atoms with Gasteiger partial charge in [0.25, 0.3) is 5.69 Å². The number of hydrogen-bond donors (Lipinski definition) is 0. The van der Waals surface area contributed by atoms with Crippen molar-refractivity contribution in [3.8, 4) is 5.75 Å². The van der Waals surface area contributed by atoms with Crippen LogP contribution in [0.2, 0.25) is 0 Å². The van der Waals surface area contributed by atoms with Crippen molar-refractivity contribution in [1.29, 1.82) is 0 Å². The number of benzene rings is 5. The van der Waals surface area contributed by atoms with E-state index >= 15 is 0 Å². The van der Waals surface area contributed by atoms with Gasteiger partial charge in [-0.1, -0.05) is 54.6 Å². The molecule has 0 aliphatic carbocycles. The first-order valence-electron chi connectivity index (χ1n) is 19.1. The third-order valence-corrected chi connectivity index (χ3v) is 10.3. The van der Waals surface area contributed by atoms with Crippen LogP contribution in [-0.4, -0.2) is 16.1 Å². The summed E-state index contributed by atoms with van der Waals surface area (Å²) in [6, 6.07) is -2.84. The smallest absolute Gasteiger partial charge is 0.258 e. The second-order valence-corrected chi connectivity index (χ2v) is 15.2. The highest BCUT2D eigenvalue weighted by atomic mass is 19.4. The van der Waals surface area contributed by atoms with Gasteiger partial charge in [-0.05, 0) is 30.3 Å². The summed E-state index contributed by atoms with van der Waals surface area (Å²) in [5.74, 6) is 0.394. The van der Waals surface area contributed by atoms with Crippen molar-refractivity contribution >= 4 is 33.7 Å². The lowest BCUT2D eigenvalue weighted by molar-refractivity contribution is -0.875. The van der Waals surface area contributed by atoms with E-state index in [1.807, 2.05) is 0 Å². The number of nitro benzene ring substituents is 1. The Kier molecular flexibility index (Phi) is 15.0. The first kappa shape index (κ1) is 56.7. The Hall–Kier alpha value is -7.24. The quantitative estimate of drug-likeness (QED) is 0.0525. The van der Waals surface area contributed by atoms with E-state index in [0.29, 0.717) is 5.75 Å². The van der Waals surface area contributed by atoms with Gasteiger partial charge < -0.3 is 0 Å². The van der Waals surface area contributed by atoms with E-state index in [9.17, 15) is 115 Å². The van der Waals surface area contributed by atoms with Crippen molar-refractivity contribution in [2.75, 3.05) is 0 Å². The summed E-state index contributed by atoms with van der Waals surface area (Å²) in [4.78, 5) is 19.2. The zero-order valence-corrected chi connectivity index (χ0v) is 34.8. The molecule has 6 rings (SSSR count). The van der Waals surface area contributed by atoms with E-state index in [-0.39, 0.29) is 5.69 Å². The van der Waals surface area contributed by atoms with E-state index in [0.717, 1.165) is 0 Å². The molecule has 392 valence electrons. The second kappa shape index (κ2) is 19.3. The first-order valence-corrected chi connectivity index (χ1v) is 19.1. The zero-order chi connectivity index (χ0) is 55.3. The lowest BCUT2D eigenvalue weighted by Crippen LogP contribution is -2.75. The highest BCUT2D eigenvalue weighted by molar-refractivity contribution is 7.20. The molecule has 0 atom stereocenters. The van der Waals surface area contributed by atoms with E-state index in [4.69, 9.17) is 4.84 Å². The maximum absolute atomic E-state index is 14.2. The summed E-state index contributed by atoms with van der Waals surface area (Å²) in [6.45, 7) is 0. The largest absolute Gasteiger partial charge is 0.416 e. The fraction of sp³-hybridized carbons (Fsp3) is 0.190. The third-order valence-electron chi connectivity index (χ3n) is 10.3. The van der Waals surface area contributed by atoms with Crippen molar-refractivity contribution in [1.82, 2.24) is 4.98 Å². The Labute approximate surface area is 390 Å². The van der Waals surface area contributed by atoms with Crippen molar-refractivity contribution < 1.29 is 120 Å². The van der Waals surface area contributed by atoms with Crippen LogP contribution in [0, 0.1) is 10.1 Å². The molecule has 6 aromatic rings. The summed E-state index contributed by atoms with van der Waals surface area (Å²) in [5.41, 5.74) is -30.2. The molecule has 1 heterocycles. The van der Waals surface area contributed by atoms with Crippen LogP contribution in [0.5, 0.6) is 5.75 Å². The molecule has 0 radical (unpaired) electrons. The average molecular weight is 1080 g/mol. The molecule has 5 aromatic carbocycles. The Bertz CT molecular complexity index is 2540. The molecule has 0 unspecified atom stereocenters. The van der Waals surface area contributed by atoms with Crippen LogP contribution in [0.15, 0.2) is 122 Å². The van der Waals surface area contributed by atoms with Gasteiger partial charge in [0.05, 0.1) is 67.9 Å². The molecule has 0 aliphatic heterocycles. The van der Waals surface area contributed by atoms with Gasteiger partial charge in [0.2, 0.25) is 18.1 Å². The summed E-state index contributed by atoms with van der Waals surface area (Å²) in [7, 11) is 0. The molecule has 0 spiro atoms. The van der Waals surface area contributed by atoms with E-state index in [1.54, 1.807) is 36.9 Å². The highest BCUT2D eigenvalue weighted by Gasteiger charge is 2.47. The third kappa shape index (κ3) is 13.2. The fourth-order valence-corrected chi connectivity index (χ4v) is 7.21. The fourth-order valence-electron chi connectivity index (χ4n) is 7.21. The van der Waals surface area contributed by atoms with Gasteiger partial charge in [-0.15, -0.1) is 0 Å². The van der Waals surface area contributed by atoms with Gasteiger partial charge in [-0.25, -0.2) is 4.84 Å². The van der Waals surface area contributed by atoms with Crippen molar-refractivity contribution in [2.24, 2.45) is 0 Å². The van der Waals surface area contributed by atoms with Crippen LogP contribution in [0.4, 0.5) is 111 Å². The highest BCUT2D eigenvalue weighted by Crippen LogP contribution is 2.41. The SMILES string of the molecule is FC(F)(F)c1cc([B-](c2cc(C(F)(F)F)cc(C(F)(F)F)c2)(c2cc(C(F)(F)F)cc(C(F)(F)F)c2)c2cc(C(F)(F)F)cc(C(F)(F)F)c2)cc(C(F)(F)F)c1.O=[N+]([O-])c1cccc(O[n+]2ccncc2)c1. The van der Waals surface area contributed by atoms with Gasteiger partial charge in [-0.3, -0.25) is 15.1 Å². The molecule has 0 saturated carbocycles. The molecule has 0 fully saturated rings. The van der Waals surface area contributed by atoms with Crippen LogP contribution in [0.25, 0.3) is 0 Å². The summed E-state index contributed by atoms with van der Waals surface area (Å²) < 4.78 is 342. The van der Waals surface area contributed by atoms with Gasteiger partial charge in [0, 0.05) is 10.8 Å². The number of nitrogens with zero attached hydrogens (tertiary/aromatic N) is 3. The molecule has 73 heavy (non-hydrogen) atoms. The predicted molar refractivity (Wildman–Crippen MR) is 204 cm³/mol. The van der Waals surface area contributed by atoms with Crippen LogP contribution in [0.3, 0.4) is 0 Å². The number of nitro groups is 1. The summed E-state index contributed by atoms with van der Waals surface area (Å²) in [6.07, 6.45) is -48.5. The van der Waals surface area contributed by atoms with Crippen LogP contribution >= 0.6 is 0 Å². The predicted octanol–water partition coefficient (Wildman–Crippen LogP) is 12.3. The number of rotatable bonds is 7. The van der Waals surface area contributed by atoms with Crippen molar-refractivity contribution in [3.63, 3.8) is 0 Å². The van der Waals surface area contributed by atoms with Gasteiger partial charge >= 0.3 is 49.4 Å². The Balaban J connectivity index is 0.000000520. The maximum atomic E-state index is 14.2. The van der Waals surface area contributed by atoms with E-state index in [2.05, 4.69) is 4.98 Å². The van der Waals surface area contributed by atoms with Crippen LogP contribution in [0.1, 0.15) is 44.5 Å². The van der Waals surface area contributed by atoms with Crippen molar-refractivity contribution in [2.45, 2.75) is 49.4 Å². The molecule has 1 aromatic heterocycles. The van der Waals surface area contributed by atoms with Crippen LogP contribution < -0.4 is 31.4 Å². The summed E-state index contributed by atoms with van der Waals surface area (Å²) in [5, 5.41) is 10.5. The monoisotopic (exact) mass is 1080 g/mol. The Morgan fingerprint density at radius 3 is 0.863 bits per heavy atom. The number of hydrogen-bond acceptors (Lipinski definition) is 4. The number of alkyl halides is 24. The maximum Gasteiger partial charge on any atom is 0.416 e. The van der Waals surface area contributed by atoms with Gasteiger partial charge in [0.1, 0.15) is 6.15 Å². The summed E-state index contributed by atoms with van der Waals surface area (Å²) >= 11 is 0. The lowest BCUT2D eigenvalue weighted by Gasteiger charge is -2.46. The van der Waals surface area contributed by atoms with Crippen molar-refractivity contribution in [3.05, 3.63) is 176 Å². The Morgan fingerprint density at radius 1 is 0.397 bits per heavy atom. The number of halogens is 24. The lowest BCUT2D eigenvalue weighted by atomic mass is 9.12. The molecule has 0 saturated heterocycles. The van der Waals surface area contributed by atoms with E-state index < -0.39 is 200 Å². The normalized spacial score (nSPS) is 13.3. The Morgan fingerprint density at radius 2 is 0.644 bits per heavy atom. The second-order valence-electron chi connectivity index (χ2n) is 15.2. The number of aromatic nitrogens is 2. The zero-order valence-electron chi connectivity index (χ0n) is 34.8. The minimum atomic E-state index is -6.13. The molecule has 0 bridgehead atoms. The van der Waals surface area contributed by atoms with Gasteiger partial charge in [-0.2, -0.15) is 127 Å². The average Bonchev–Trinajstić information content (AvgIpc) is 3.24. The van der Waals surface area contributed by atoms with Crippen LogP contribution in [-0.2, 0) is 49.4 Å². The minimum Gasteiger partial charge on any atom is -0.258 e. The molecular weight excluding hydrogens is 1060 g/mol. The van der Waals surface area contributed by atoms with E-state index in [1.165, 1.54) is 16.9 Å². The molecule has 0 amide bonds. The molecular formula is C42H20BF24N3O3. The first-order chi connectivity index (χ1) is 33.0. The molecule has 6 nitrogen and oxygen atoms in total. The minimum absolute atomic E-state index is 0.00726. The molecule has 31 heteroatoms. The molecule has 0 N–H and O–H groups in total. The standard InChI is InChI=1S/C32H12BF24.C10H8N3O3/c34-25(35,36)13-1-14(26(37,38)39)6-21(5-13)33(22-7-15(27(40,41)42)2-16(8-22)28(43,44)45,23-9-17(29(46,47)48)3-18(10-23)30(49,50)51)24-11-19(31(52,53)54)4-20(12-24)32(55,56)57;14-13(15)9-2-1-3-10(8-9)16-12-6-4-11-5-7-12/h1-12H;1-8H/q-1;+1. The topological polar surface area (TPSA) is 69.1 Å².